The highest BCUT2D eigenvalue weighted by Gasteiger charge is 2.47. The average Bonchev–Trinajstić information content (AvgIpc) is 3.66. The van der Waals surface area contributed by atoms with Gasteiger partial charge in [-0.15, -0.1) is 0 Å². The number of nitrogen functional groups attached to an aromatic ring is 1. The third kappa shape index (κ3) is 7.13. The molecule has 3 atom stereocenters. The molecular weight excluding hydrogens is 516 g/mol. The van der Waals surface area contributed by atoms with Crippen molar-refractivity contribution in [1.29, 1.82) is 0 Å². The molecule has 0 bridgehead atoms. The van der Waals surface area contributed by atoms with Gasteiger partial charge < -0.3 is 20.7 Å². The highest BCUT2D eigenvalue weighted by atomic mass is 16.5. The van der Waals surface area contributed by atoms with Crippen molar-refractivity contribution in [1.82, 2.24) is 4.90 Å². The van der Waals surface area contributed by atoms with E-state index in [1.54, 1.807) is 12.1 Å². The molecule has 0 radical (unpaired) electrons. The number of carboxylic acids is 2. The number of hydrogen-bond donors (Lipinski definition) is 3. The summed E-state index contributed by atoms with van der Waals surface area (Å²) in [7, 11) is 0. The van der Waals surface area contributed by atoms with Crippen LogP contribution in [0.25, 0.3) is 11.1 Å². The van der Waals surface area contributed by atoms with Crippen molar-refractivity contribution in [3.8, 4) is 16.9 Å². The summed E-state index contributed by atoms with van der Waals surface area (Å²) in [6.07, 6.45) is 2.35. The van der Waals surface area contributed by atoms with Gasteiger partial charge in [-0.3, -0.25) is 9.69 Å². The number of aliphatic carboxylic acids is 1. The molecule has 0 saturated carbocycles. The number of aromatic carboxylic acids is 1. The molecule has 4 aromatic carbocycles. The molecule has 3 unspecified atom stereocenters. The predicted octanol–water partition coefficient (Wildman–Crippen LogP) is 6.44. The Kier molecular flexibility index (Phi) is 8.65. The van der Waals surface area contributed by atoms with Crippen molar-refractivity contribution >= 4 is 17.6 Å². The molecule has 1 fully saturated rings. The maximum atomic E-state index is 11.3. The number of anilines is 1. The molecule has 0 aliphatic carbocycles. The number of unbranched alkanes of at least 4 members (excludes halogenated alkanes) is 1. The van der Waals surface area contributed by atoms with E-state index in [4.69, 9.17) is 15.6 Å². The van der Waals surface area contributed by atoms with E-state index in [1.807, 2.05) is 54.6 Å². The van der Waals surface area contributed by atoms with Crippen molar-refractivity contribution in [2.75, 3.05) is 12.3 Å². The third-order valence-corrected chi connectivity index (χ3v) is 7.58. The van der Waals surface area contributed by atoms with Gasteiger partial charge in [0.25, 0.3) is 0 Å². The van der Waals surface area contributed by atoms with E-state index in [0.29, 0.717) is 13.0 Å². The number of carbonyl (C=O) groups is 2. The first-order chi connectivity index (χ1) is 19.9. The number of nitrogens with two attached hydrogens (primary N) is 1. The van der Waals surface area contributed by atoms with Crippen molar-refractivity contribution < 1.29 is 24.5 Å². The molecule has 1 aliphatic rings. The number of hydrogen-bond acceptors (Lipinski definition) is 5. The summed E-state index contributed by atoms with van der Waals surface area (Å²) in [4.78, 5) is 24.6. The molecule has 1 heterocycles. The zero-order chi connectivity index (χ0) is 28.8. The zero-order valence-corrected chi connectivity index (χ0v) is 22.8. The quantitative estimate of drug-likeness (QED) is 0.0998. The lowest BCUT2D eigenvalue weighted by molar-refractivity contribution is -0.137. The summed E-state index contributed by atoms with van der Waals surface area (Å²) in [6, 6.07) is 31.6. The third-order valence-electron chi connectivity index (χ3n) is 7.58. The summed E-state index contributed by atoms with van der Waals surface area (Å²) in [5, 5.41) is 18.3. The first kappa shape index (κ1) is 27.9. The second-order valence-electron chi connectivity index (χ2n) is 10.5. The van der Waals surface area contributed by atoms with Gasteiger partial charge in [-0.1, -0.05) is 66.7 Å². The monoisotopic (exact) mass is 550 g/mol. The van der Waals surface area contributed by atoms with Gasteiger partial charge in [0.15, 0.2) is 0 Å². The van der Waals surface area contributed by atoms with Gasteiger partial charge in [0, 0.05) is 18.2 Å². The highest BCUT2D eigenvalue weighted by Crippen LogP contribution is 2.46. The second-order valence-corrected chi connectivity index (χ2v) is 10.5. The smallest absolute Gasteiger partial charge is 0.335 e. The number of carboxylic acid groups (broad SMARTS) is 2. The number of nitrogens with zero attached hydrogens (tertiary/aromatic N) is 1. The minimum absolute atomic E-state index is 0.148. The summed E-state index contributed by atoms with van der Waals surface area (Å²) in [5.41, 5.74) is 12.3. The lowest BCUT2D eigenvalue weighted by Gasteiger charge is -2.12. The average molecular weight is 551 g/mol. The normalized spacial score (nSPS) is 17.6. The van der Waals surface area contributed by atoms with Crippen LogP contribution in [0.2, 0.25) is 0 Å². The van der Waals surface area contributed by atoms with E-state index in [1.165, 1.54) is 0 Å². The Balaban J connectivity index is 1.26. The van der Waals surface area contributed by atoms with Crippen LogP contribution in [-0.4, -0.2) is 39.6 Å². The van der Waals surface area contributed by atoms with Gasteiger partial charge >= 0.3 is 11.9 Å². The largest absolute Gasteiger partial charge is 0.489 e. The van der Waals surface area contributed by atoms with Gasteiger partial charge in [0.2, 0.25) is 0 Å². The minimum atomic E-state index is -0.945. The Hall–Kier alpha value is -4.62. The van der Waals surface area contributed by atoms with Crippen LogP contribution >= 0.6 is 0 Å². The molecule has 1 aliphatic heterocycles. The molecule has 0 spiro atoms. The molecule has 4 N–H and O–H groups in total. The molecule has 0 aromatic heterocycles. The van der Waals surface area contributed by atoms with Crippen LogP contribution in [0.1, 0.15) is 52.4 Å². The molecule has 210 valence electrons. The van der Waals surface area contributed by atoms with Crippen LogP contribution in [0.5, 0.6) is 5.75 Å². The highest BCUT2D eigenvalue weighted by molar-refractivity contribution is 5.87. The lowest BCUT2D eigenvalue weighted by atomic mass is 10.0. The number of rotatable bonds is 13. The van der Waals surface area contributed by atoms with Crippen LogP contribution in [0, 0.1) is 0 Å². The Morgan fingerprint density at radius 3 is 2.29 bits per heavy atom. The number of ether oxygens (including phenoxy) is 1. The first-order valence-corrected chi connectivity index (χ1v) is 13.9. The Morgan fingerprint density at radius 1 is 0.829 bits per heavy atom. The standard InChI is InChI=1S/C34H34N2O5/c35-29-8-5-7-27(20-29)24-13-11-23(12-14-24)22-41-31-9-2-1-6-28(31)21-30-33(36(30)19-4-3-10-32(37)38)25-15-17-26(18-16-25)34(39)40/h1-2,5-9,11-18,20,30,33H,3-4,10,19,21-22,35H2,(H,37,38)(H,39,40). The Bertz CT molecular complexity index is 1500. The predicted molar refractivity (Wildman–Crippen MR) is 159 cm³/mol. The van der Waals surface area contributed by atoms with Crippen LogP contribution < -0.4 is 10.5 Å². The topological polar surface area (TPSA) is 113 Å². The molecular formula is C34H34N2O5. The Labute approximate surface area is 239 Å². The van der Waals surface area contributed by atoms with Crippen molar-refractivity contribution in [2.45, 2.75) is 44.4 Å². The molecule has 1 saturated heterocycles. The van der Waals surface area contributed by atoms with Gasteiger partial charge in [0.05, 0.1) is 11.6 Å². The van der Waals surface area contributed by atoms with Crippen LogP contribution in [0.15, 0.2) is 97.1 Å². The fraction of sp³-hybridized carbons (Fsp3) is 0.235. The van der Waals surface area contributed by atoms with E-state index >= 15 is 0 Å². The molecule has 4 aromatic rings. The molecule has 41 heavy (non-hydrogen) atoms. The summed E-state index contributed by atoms with van der Waals surface area (Å²) in [5.74, 6) is -0.886. The summed E-state index contributed by atoms with van der Waals surface area (Å²) >= 11 is 0. The second kappa shape index (κ2) is 12.7. The van der Waals surface area contributed by atoms with Crippen molar-refractivity contribution in [3.63, 3.8) is 0 Å². The van der Waals surface area contributed by atoms with E-state index in [0.717, 1.165) is 58.6 Å². The van der Waals surface area contributed by atoms with Gasteiger partial charge in [-0.2, -0.15) is 0 Å². The number of benzene rings is 4. The Morgan fingerprint density at radius 2 is 1.59 bits per heavy atom. The van der Waals surface area contributed by atoms with Gasteiger partial charge in [-0.05, 0) is 84.0 Å². The summed E-state index contributed by atoms with van der Waals surface area (Å²) < 4.78 is 6.29. The maximum Gasteiger partial charge on any atom is 0.335 e. The molecule has 7 heteroatoms. The molecule has 7 nitrogen and oxygen atoms in total. The minimum Gasteiger partial charge on any atom is -0.489 e. The first-order valence-electron chi connectivity index (χ1n) is 13.9. The fourth-order valence-corrected chi connectivity index (χ4v) is 5.38. The lowest BCUT2D eigenvalue weighted by Crippen LogP contribution is -2.08. The van der Waals surface area contributed by atoms with E-state index in [9.17, 15) is 14.7 Å². The van der Waals surface area contributed by atoms with Gasteiger partial charge in [-0.25, -0.2) is 4.79 Å². The number of para-hydroxylation sites is 1. The van der Waals surface area contributed by atoms with E-state index < -0.39 is 11.9 Å². The maximum absolute atomic E-state index is 11.3. The van der Waals surface area contributed by atoms with E-state index in [-0.39, 0.29) is 24.1 Å². The van der Waals surface area contributed by atoms with Crippen molar-refractivity contribution in [3.05, 3.63) is 119 Å². The van der Waals surface area contributed by atoms with Gasteiger partial charge in [0.1, 0.15) is 12.4 Å². The van der Waals surface area contributed by atoms with E-state index in [2.05, 4.69) is 35.2 Å². The molecule has 0 amide bonds. The molecule has 5 rings (SSSR count). The summed E-state index contributed by atoms with van der Waals surface area (Å²) in [6.45, 7) is 1.23. The van der Waals surface area contributed by atoms with Crippen LogP contribution in [-0.2, 0) is 17.8 Å². The van der Waals surface area contributed by atoms with Crippen molar-refractivity contribution in [2.24, 2.45) is 0 Å². The van der Waals surface area contributed by atoms with Crippen LogP contribution in [0.3, 0.4) is 0 Å². The zero-order valence-electron chi connectivity index (χ0n) is 22.8. The fourth-order valence-electron chi connectivity index (χ4n) is 5.38. The van der Waals surface area contributed by atoms with Crippen LogP contribution in [0.4, 0.5) is 5.69 Å². The SMILES string of the molecule is Nc1cccc(-c2ccc(COc3ccccc3CC3C(c4ccc(C(=O)O)cc4)N3CCCCC(=O)O)cc2)c1.